The van der Waals surface area contributed by atoms with Crippen molar-refractivity contribution < 1.29 is 4.74 Å². The van der Waals surface area contributed by atoms with Crippen molar-refractivity contribution in [3.63, 3.8) is 0 Å². The summed E-state index contributed by atoms with van der Waals surface area (Å²) in [4.78, 5) is 5.21. The van der Waals surface area contributed by atoms with E-state index in [0.717, 1.165) is 30.6 Å². The summed E-state index contributed by atoms with van der Waals surface area (Å²) in [6, 6.07) is 9.14. The summed E-state index contributed by atoms with van der Waals surface area (Å²) in [6.45, 7) is 6.82. The van der Waals surface area contributed by atoms with Crippen molar-refractivity contribution in [2.45, 2.75) is 25.0 Å². The molecule has 1 aromatic carbocycles. The maximum absolute atomic E-state index is 6.10. The van der Waals surface area contributed by atoms with E-state index in [1.807, 2.05) is 12.1 Å². The Labute approximate surface area is 120 Å². The Hall–Kier alpha value is -1.26. The van der Waals surface area contributed by atoms with Crippen molar-refractivity contribution in [2.75, 3.05) is 44.6 Å². The maximum Gasteiger partial charge on any atom is 0.142 e. The van der Waals surface area contributed by atoms with E-state index in [4.69, 9.17) is 4.74 Å². The van der Waals surface area contributed by atoms with Crippen molar-refractivity contribution in [1.82, 2.24) is 9.80 Å². The summed E-state index contributed by atoms with van der Waals surface area (Å²) in [6.07, 6.45) is 3.12. The minimum Gasteiger partial charge on any atom is -0.485 e. The zero-order valence-electron chi connectivity index (χ0n) is 11.9. The molecule has 1 saturated carbocycles. The van der Waals surface area contributed by atoms with Crippen LogP contribution in [0.2, 0.25) is 0 Å². The second-order valence-corrected chi connectivity index (χ2v) is 6.18. The lowest BCUT2D eigenvalue weighted by atomic mass is 10.2. The molecule has 108 valence electrons. The minimum atomic E-state index is 0.275. The van der Waals surface area contributed by atoms with Gasteiger partial charge in [0.25, 0.3) is 0 Å². The van der Waals surface area contributed by atoms with Gasteiger partial charge in [-0.15, -0.1) is 0 Å². The number of anilines is 1. The Morgan fingerprint density at radius 2 is 1.90 bits per heavy atom. The van der Waals surface area contributed by atoms with Crippen LogP contribution in [0.15, 0.2) is 24.3 Å². The van der Waals surface area contributed by atoms with Crippen molar-refractivity contribution >= 4 is 5.69 Å². The average Bonchev–Trinajstić information content (AvgIpc) is 3.33. The fourth-order valence-corrected chi connectivity index (χ4v) is 3.30. The smallest absolute Gasteiger partial charge is 0.142 e. The topological polar surface area (TPSA) is 27.7 Å². The highest BCUT2D eigenvalue weighted by molar-refractivity contribution is 5.57. The van der Waals surface area contributed by atoms with Crippen LogP contribution in [0.1, 0.15) is 12.8 Å². The van der Waals surface area contributed by atoms with Crippen LogP contribution in [-0.2, 0) is 0 Å². The molecule has 2 aliphatic heterocycles. The number of para-hydroxylation sites is 2. The Balaban J connectivity index is 1.30. The first-order valence-corrected chi connectivity index (χ1v) is 7.84. The minimum absolute atomic E-state index is 0.275. The molecule has 1 saturated heterocycles. The Bertz CT molecular complexity index is 467. The highest BCUT2D eigenvalue weighted by Crippen LogP contribution is 2.29. The molecule has 1 atom stereocenters. The molecule has 4 rings (SSSR count). The third kappa shape index (κ3) is 2.63. The SMILES string of the molecule is c1ccc2c(c1)NCC(CN1CCN(C3CC3)CC1)O2. The number of ether oxygens (including phenoxy) is 1. The third-order valence-corrected chi connectivity index (χ3v) is 4.63. The lowest BCUT2D eigenvalue weighted by Crippen LogP contribution is -2.51. The lowest BCUT2D eigenvalue weighted by Gasteiger charge is -2.37. The summed E-state index contributed by atoms with van der Waals surface area (Å²) in [5.41, 5.74) is 1.13. The molecule has 1 unspecified atom stereocenters. The van der Waals surface area contributed by atoms with Gasteiger partial charge in [0.05, 0.1) is 12.2 Å². The van der Waals surface area contributed by atoms with Gasteiger partial charge in [0.2, 0.25) is 0 Å². The third-order valence-electron chi connectivity index (χ3n) is 4.63. The first-order valence-electron chi connectivity index (χ1n) is 7.84. The number of hydrogen-bond donors (Lipinski definition) is 1. The van der Waals surface area contributed by atoms with Crippen molar-refractivity contribution in [3.05, 3.63) is 24.3 Å². The first-order chi connectivity index (χ1) is 9.88. The van der Waals surface area contributed by atoms with Crippen molar-refractivity contribution in [1.29, 1.82) is 0 Å². The van der Waals surface area contributed by atoms with Crippen LogP contribution in [0.3, 0.4) is 0 Å². The Morgan fingerprint density at radius 1 is 1.10 bits per heavy atom. The van der Waals surface area contributed by atoms with E-state index in [0.29, 0.717) is 0 Å². The van der Waals surface area contributed by atoms with Crippen LogP contribution >= 0.6 is 0 Å². The van der Waals surface area contributed by atoms with Gasteiger partial charge in [-0.2, -0.15) is 0 Å². The molecule has 1 aliphatic carbocycles. The zero-order chi connectivity index (χ0) is 13.4. The Kier molecular flexibility index (Phi) is 3.28. The lowest BCUT2D eigenvalue weighted by molar-refractivity contribution is 0.0829. The van der Waals surface area contributed by atoms with Gasteiger partial charge in [0.1, 0.15) is 11.9 Å². The van der Waals surface area contributed by atoms with Crippen LogP contribution in [0, 0.1) is 0 Å². The quantitative estimate of drug-likeness (QED) is 0.906. The molecule has 1 aromatic rings. The standard InChI is InChI=1S/C16H23N3O/c1-2-4-16-15(3-1)17-11-14(20-16)12-18-7-9-19(10-8-18)13-5-6-13/h1-4,13-14,17H,5-12H2. The summed E-state index contributed by atoms with van der Waals surface area (Å²) >= 11 is 0. The van der Waals surface area contributed by atoms with Gasteiger partial charge in [0, 0.05) is 38.8 Å². The molecule has 1 N–H and O–H groups in total. The largest absolute Gasteiger partial charge is 0.485 e. The van der Waals surface area contributed by atoms with Gasteiger partial charge in [-0.1, -0.05) is 12.1 Å². The Morgan fingerprint density at radius 3 is 2.70 bits per heavy atom. The number of hydrogen-bond acceptors (Lipinski definition) is 4. The first kappa shape index (κ1) is 12.5. The van der Waals surface area contributed by atoms with Gasteiger partial charge in [-0.05, 0) is 25.0 Å². The molecule has 0 amide bonds. The second kappa shape index (κ2) is 5.26. The molecule has 0 spiro atoms. The molecular formula is C16H23N3O. The number of piperazine rings is 1. The van der Waals surface area contributed by atoms with Crippen molar-refractivity contribution in [2.24, 2.45) is 0 Å². The van der Waals surface area contributed by atoms with Crippen LogP contribution in [-0.4, -0.2) is 61.2 Å². The fourth-order valence-electron chi connectivity index (χ4n) is 3.30. The highest BCUT2D eigenvalue weighted by Gasteiger charge is 2.32. The number of benzene rings is 1. The molecule has 4 heteroatoms. The number of rotatable bonds is 3. The van der Waals surface area contributed by atoms with E-state index in [1.165, 1.54) is 39.0 Å². The van der Waals surface area contributed by atoms with Crippen LogP contribution < -0.4 is 10.1 Å². The predicted molar refractivity (Wildman–Crippen MR) is 80.4 cm³/mol. The van der Waals surface area contributed by atoms with Crippen LogP contribution in [0.5, 0.6) is 5.75 Å². The molecule has 0 aromatic heterocycles. The van der Waals surface area contributed by atoms with Crippen LogP contribution in [0.25, 0.3) is 0 Å². The van der Waals surface area contributed by atoms with Gasteiger partial charge in [-0.25, -0.2) is 0 Å². The summed E-state index contributed by atoms with van der Waals surface area (Å²) in [5.74, 6) is 1.00. The average molecular weight is 273 g/mol. The van der Waals surface area contributed by atoms with Gasteiger partial charge in [-0.3, -0.25) is 9.80 Å². The van der Waals surface area contributed by atoms with Gasteiger partial charge in [0.15, 0.2) is 0 Å². The van der Waals surface area contributed by atoms with Crippen molar-refractivity contribution in [3.8, 4) is 5.75 Å². The predicted octanol–water partition coefficient (Wildman–Crippen LogP) is 1.64. The second-order valence-electron chi connectivity index (χ2n) is 6.18. The normalized spacial score (nSPS) is 27.5. The zero-order valence-corrected chi connectivity index (χ0v) is 11.9. The number of nitrogens with one attached hydrogen (secondary N) is 1. The molecule has 0 bridgehead atoms. The van der Waals surface area contributed by atoms with Gasteiger partial charge >= 0.3 is 0 Å². The maximum atomic E-state index is 6.10. The van der Waals surface area contributed by atoms with E-state index in [9.17, 15) is 0 Å². The fraction of sp³-hybridized carbons (Fsp3) is 0.625. The highest BCUT2D eigenvalue weighted by atomic mass is 16.5. The van der Waals surface area contributed by atoms with E-state index < -0.39 is 0 Å². The monoisotopic (exact) mass is 273 g/mol. The van der Waals surface area contributed by atoms with E-state index in [2.05, 4.69) is 27.2 Å². The molecule has 2 heterocycles. The summed E-state index contributed by atoms with van der Waals surface area (Å²) in [7, 11) is 0. The summed E-state index contributed by atoms with van der Waals surface area (Å²) in [5, 5.41) is 3.48. The molecule has 0 radical (unpaired) electrons. The molecule has 4 nitrogen and oxygen atoms in total. The molecule has 3 aliphatic rings. The number of nitrogens with zero attached hydrogens (tertiary/aromatic N) is 2. The summed E-state index contributed by atoms with van der Waals surface area (Å²) < 4.78 is 6.10. The molecule has 2 fully saturated rings. The van der Waals surface area contributed by atoms with E-state index in [-0.39, 0.29) is 6.10 Å². The molecule has 20 heavy (non-hydrogen) atoms. The van der Waals surface area contributed by atoms with E-state index >= 15 is 0 Å². The van der Waals surface area contributed by atoms with Crippen LogP contribution in [0.4, 0.5) is 5.69 Å². The number of fused-ring (bicyclic) bond motifs is 1. The molecular weight excluding hydrogens is 250 g/mol. The van der Waals surface area contributed by atoms with Gasteiger partial charge < -0.3 is 10.1 Å². The van der Waals surface area contributed by atoms with E-state index in [1.54, 1.807) is 0 Å².